The third-order valence-corrected chi connectivity index (χ3v) is 8.32. The van der Waals surface area contributed by atoms with Crippen molar-refractivity contribution in [3.63, 3.8) is 0 Å². The fraction of sp³-hybridized carbons (Fsp3) is 0.0645. The maximum atomic E-state index is 15.8. The molecule has 9 nitrogen and oxygen atoms in total. The van der Waals surface area contributed by atoms with Gasteiger partial charge in [-0.3, -0.25) is 0 Å². The Hall–Kier alpha value is -5.54. The Kier molecular flexibility index (Phi) is 7.31. The maximum absolute atomic E-state index is 15.8. The second-order valence-corrected chi connectivity index (χ2v) is 11.2. The molecule has 214 valence electrons. The van der Waals surface area contributed by atoms with Crippen LogP contribution in [0.25, 0.3) is 10.9 Å². The summed E-state index contributed by atoms with van der Waals surface area (Å²) in [5.41, 5.74) is 0.953. The number of aromatic nitrogens is 4. The standard InChI is InChI=1S/C31H21F2N5O4S/c32-27-12-11-23(15-22(27)17-34)42-31-26(18-37-19-30(35-36-37)41-20-21-7-3-1-4-8-21)25-13-14-38(29(25)16-28(31)33)43(39,40)24-9-5-2-6-10-24/h1-16,19H,18,20H2. The van der Waals surface area contributed by atoms with Crippen LogP contribution in [0.1, 0.15) is 16.7 Å². The van der Waals surface area contributed by atoms with Crippen LogP contribution in [0.2, 0.25) is 0 Å². The number of ether oxygens (including phenoxy) is 2. The van der Waals surface area contributed by atoms with Crippen LogP contribution in [-0.2, 0) is 23.2 Å². The van der Waals surface area contributed by atoms with E-state index in [0.717, 1.165) is 27.7 Å². The number of nitriles is 1. The van der Waals surface area contributed by atoms with Crippen LogP contribution >= 0.6 is 0 Å². The van der Waals surface area contributed by atoms with Crippen LogP contribution < -0.4 is 9.47 Å². The molecular weight excluding hydrogens is 576 g/mol. The van der Waals surface area contributed by atoms with Crippen LogP contribution in [0.15, 0.2) is 108 Å². The Morgan fingerprint density at radius 3 is 2.40 bits per heavy atom. The number of halogens is 2. The lowest BCUT2D eigenvalue weighted by Crippen LogP contribution is -2.12. The van der Waals surface area contributed by atoms with Gasteiger partial charge in [0.05, 0.1) is 28.7 Å². The van der Waals surface area contributed by atoms with Gasteiger partial charge in [0.2, 0.25) is 0 Å². The minimum absolute atomic E-state index is 0.0132. The van der Waals surface area contributed by atoms with Gasteiger partial charge in [-0.05, 0) is 35.9 Å². The molecule has 6 aromatic rings. The molecule has 0 fully saturated rings. The number of hydrogen-bond donors (Lipinski definition) is 0. The summed E-state index contributed by atoms with van der Waals surface area (Å²) in [7, 11) is -4.07. The van der Waals surface area contributed by atoms with E-state index in [4.69, 9.17) is 9.47 Å². The minimum atomic E-state index is -4.07. The van der Waals surface area contributed by atoms with Crippen molar-refractivity contribution in [2.45, 2.75) is 18.0 Å². The van der Waals surface area contributed by atoms with Crippen molar-refractivity contribution in [1.29, 1.82) is 5.26 Å². The van der Waals surface area contributed by atoms with Gasteiger partial charge in [-0.1, -0.05) is 58.8 Å². The number of benzene rings is 4. The molecular formula is C31H21F2N5O4S. The summed E-state index contributed by atoms with van der Waals surface area (Å²) in [5, 5.41) is 17.7. The van der Waals surface area contributed by atoms with Gasteiger partial charge in [0, 0.05) is 29.3 Å². The van der Waals surface area contributed by atoms with Crippen LogP contribution in [0, 0.1) is 23.0 Å². The molecule has 0 N–H and O–H groups in total. The Balaban J connectivity index is 1.42. The van der Waals surface area contributed by atoms with Gasteiger partial charge < -0.3 is 9.47 Å². The van der Waals surface area contributed by atoms with E-state index in [0.29, 0.717) is 5.39 Å². The molecule has 0 spiro atoms. The zero-order chi connectivity index (χ0) is 30.0. The molecule has 0 amide bonds. The monoisotopic (exact) mass is 597 g/mol. The molecule has 4 aromatic carbocycles. The molecule has 0 aliphatic heterocycles. The molecule has 2 aromatic heterocycles. The van der Waals surface area contributed by atoms with Crippen molar-refractivity contribution >= 4 is 20.9 Å². The Labute approximate surface area is 244 Å². The van der Waals surface area contributed by atoms with Gasteiger partial charge in [-0.25, -0.2) is 25.9 Å². The zero-order valence-corrected chi connectivity index (χ0v) is 23.1. The molecule has 0 aliphatic carbocycles. The van der Waals surface area contributed by atoms with Crippen molar-refractivity contribution < 1.29 is 26.7 Å². The van der Waals surface area contributed by atoms with E-state index in [1.165, 1.54) is 41.3 Å². The average molecular weight is 598 g/mol. The summed E-state index contributed by atoms with van der Waals surface area (Å²) in [6.07, 6.45) is 2.86. The van der Waals surface area contributed by atoms with E-state index in [-0.39, 0.29) is 52.1 Å². The van der Waals surface area contributed by atoms with Crippen molar-refractivity contribution in [2.75, 3.05) is 0 Å². The smallest absolute Gasteiger partial charge is 0.268 e. The summed E-state index contributed by atoms with van der Waals surface area (Å²) in [5.74, 6) is -1.64. The summed E-state index contributed by atoms with van der Waals surface area (Å²) >= 11 is 0. The first-order chi connectivity index (χ1) is 20.8. The van der Waals surface area contributed by atoms with E-state index in [9.17, 15) is 18.1 Å². The molecule has 2 heterocycles. The lowest BCUT2D eigenvalue weighted by atomic mass is 10.1. The number of rotatable bonds is 9. The molecule has 0 bridgehead atoms. The fourth-order valence-corrected chi connectivity index (χ4v) is 5.91. The Morgan fingerprint density at radius 2 is 1.65 bits per heavy atom. The Morgan fingerprint density at radius 1 is 0.907 bits per heavy atom. The van der Waals surface area contributed by atoms with Gasteiger partial charge in [0.25, 0.3) is 15.9 Å². The molecule has 6 rings (SSSR count). The van der Waals surface area contributed by atoms with Crippen LogP contribution in [0.5, 0.6) is 17.4 Å². The third kappa shape index (κ3) is 5.53. The van der Waals surface area contributed by atoms with Gasteiger partial charge in [-0.15, -0.1) is 0 Å². The first-order valence-electron chi connectivity index (χ1n) is 12.9. The van der Waals surface area contributed by atoms with Crippen LogP contribution in [-0.4, -0.2) is 27.4 Å². The molecule has 0 aliphatic rings. The van der Waals surface area contributed by atoms with Crippen LogP contribution in [0.4, 0.5) is 8.78 Å². The summed E-state index contributed by atoms with van der Waals surface area (Å²) in [6.45, 7) is 0.164. The first-order valence-corrected chi connectivity index (χ1v) is 14.3. The number of hydrogen-bond acceptors (Lipinski definition) is 7. The second-order valence-electron chi connectivity index (χ2n) is 9.41. The average Bonchev–Trinajstić information content (AvgIpc) is 3.67. The molecule has 0 unspecified atom stereocenters. The molecule has 0 radical (unpaired) electrons. The topological polar surface area (TPSA) is 112 Å². The lowest BCUT2D eigenvalue weighted by molar-refractivity contribution is 0.293. The van der Waals surface area contributed by atoms with E-state index in [1.807, 2.05) is 30.3 Å². The highest BCUT2D eigenvalue weighted by Gasteiger charge is 2.24. The van der Waals surface area contributed by atoms with Gasteiger partial charge in [-0.2, -0.15) is 5.26 Å². The predicted molar refractivity (Wildman–Crippen MR) is 152 cm³/mol. The summed E-state index contributed by atoms with van der Waals surface area (Å²) in [4.78, 5) is 0.0293. The van der Waals surface area contributed by atoms with Gasteiger partial charge >= 0.3 is 0 Å². The van der Waals surface area contributed by atoms with E-state index >= 15 is 4.39 Å². The molecule has 43 heavy (non-hydrogen) atoms. The molecule has 0 saturated carbocycles. The van der Waals surface area contributed by atoms with Crippen LogP contribution in [0.3, 0.4) is 0 Å². The molecule has 0 atom stereocenters. The second kappa shape index (κ2) is 11.4. The zero-order valence-electron chi connectivity index (χ0n) is 22.3. The normalized spacial score (nSPS) is 11.4. The maximum Gasteiger partial charge on any atom is 0.268 e. The number of fused-ring (bicyclic) bond motifs is 1. The quantitative estimate of drug-likeness (QED) is 0.200. The van der Waals surface area contributed by atoms with Gasteiger partial charge in [0.15, 0.2) is 11.6 Å². The minimum Gasteiger partial charge on any atom is -0.471 e. The van der Waals surface area contributed by atoms with E-state index < -0.39 is 21.7 Å². The highest BCUT2D eigenvalue weighted by atomic mass is 32.2. The fourth-order valence-electron chi connectivity index (χ4n) is 4.55. The van der Waals surface area contributed by atoms with Crippen molar-refractivity contribution in [3.05, 3.63) is 132 Å². The predicted octanol–water partition coefficient (Wildman–Crippen LogP) is 6.04. The van der Waals surface area contributed by atoms with Crippen molar-refractivity contribution in [3.8, 4) is 23.4 Å². The van der Waals surface area contributed by atoms with Gasteiger partial charge in [0.1, 0.15) is 24.2 Å². The lowest BCUT2D eigenvalue weighted by Gasteiger charge is -2.15. The Bertz CT molecular complexity index is 2090. The van der Waals surface area contributed by atoms with E-state index in [1.54, 1.807) is 24.3 Å². The van der Waals surface area contributed by atoms with Crippen molar-refractivity contribution in [2.24, 2.45) is 0 Å². The largest absolute Gasteiger partial charge is 0.471 e. The number of nitrogens with zero attached hydrogens (tertiary/aromatic N) is 5. The SMILES string of the molecule is N#Cc1cc(Oc2c(F)cc3c(ccn3S(=O)(=O)c3ccccc3)c2Cn2cc(OCc3ccccc3)nn2)ccc1F. The first kappa shape index (κ1) is 27.6. The summed E-state index contributed by atoms with van der Waals surface area (Å²) in [6, 6.07) is 25.0. The van der Waals surface area contributed by atoms with E-state index in [2.05, 4.69) is 10.3 Å². The highest BCUT2D eigenvalue weighted by molar-refractivity contribution is 7.90. The molecule has 12 heteroatoms. The van der Waals surface area contributed by atoms with Crippen molar-refractivity contribution in [1.82, 2.24) is 19.0 Å². The summed E-state index contributed by atoms with van der Waals surface area (Å²) < 4.78 is 70.7. The molecule has 0 saturated heterocycles. The third-order valence-electron chi connectivity index (χ3n) is 6.62. The highest BCUT2D eigenvalue weighted by Crippen LogP contribution is 2.37.